The second-order valence-corrected chi connectivity index (χ2v) is 18.5. The lowest BCUT2D eigenvalue weighted by atomic mass is 9.97. The molecule has 0 unspecified atom stereocenters. The van der Waals surface area contributed by atoms with E-state index in [1.54, 1.807) is 72.8 Å². The molecular formula is C63H58O17. The van der Waals surface area contributed by atoms with Crippen LogP contribution in [0.1, 0.15) is 58.1 Å². The Labute approximate surface area is 462 Å². The zero-order chi connectivity index (χ0) is 55.5. The van der Waals surface area contributed by atoms with Gasteiger partial charge in [-0.05, 0) is 65.2 Å². The first-order chi connectivity index (χ1) is 39.2. The highest BCUT2D eigenvalue weighted by Gasteiger charge is 2.55. The topological polar surface area (TPSA) is 196 Å². The van der Waals surface area contributed by atoms with Crippen LogP contribution in [-0.4, -0.2) is 112 Å². The molecule has 0 N–H and O–H groups in total. The van der Waals surface area contributed by atoms with Gasteiger partial charge in [-0.3, -0.25) is 0 Å². The Morgan fingerprint density at radius 2 is 0.675 bits per heavy atom. The van der Waals surface area contributed by atoms with Gasteiger partial charge in [0.05, 0.1) is 42.1 Å². The quantitative estimate of drug-likeness (QED) is 0.0459. The average Bonchev–Trinajstić information content (AvgIpc) is 3.52. The molecule has 0 spiro atoms. The summed E-state index contributed by atoms with van der Waals surface area (Å²) in [5.74, 6) is -3.61. The monoisotopic (exact) mass is 1090 g/mol. The molecule has 0 bridgehead atoms. The highest BCUT2D eigenvalue weighted by Crippen LogP contribution is 2.34. The van der Waals surface area contributed by atoms with E-state index in [2.05, 4.69) is 0 Å². The first-order valence-electron chi connectivity index (χ1n) is 25.8. The Kier molecular flexibility index (Phi) is 19.9. The van der Waals surface area contributed by atoms with Crippen LogP contribution in [0.25, 0.3) is 0 Å². The van der Waals surface area contributed by atoms with Crippen molar-refractivity contribution in [3.05, 3.63) is 251 Å². The molecule has 80 heavy (non-hydrogen) atoms. The summed E-state index contributed by atoms with van der Waals surface area (Å²) in [6.07, 6.45) is -15.3. The predicted molar refractivity (Wildman–Crippen MR) is 285 cm³/mol. The second kappa shape index (κ2) is 28.4. The van der Waals surface area contributed by atoms with Crippen LogP contribution in [0.4, 0.5) is 4.79 Å². The minimum atomic E-state index is -2.00. The number of rotatable bonds is 22. The van der Waals surface area contributed by atoms with Crippen LogP contribution in [0.5, 0.6) is 0 Å². The summed E-state index contributed by atoms with van der Waals surface area (Å²) in [4.78, 5) is 70.3. The van der Waals surface area contributed by atoms with E-state index in [1.165, 1.54) is 55.6 Å². The van der Waals surface area contributed by atoms with Gasteiger partial charge in [0, 0.05) is 7.11 Å². The normalized spacial score (nSPS) is 22.4. The molecule has 7 aromatic rings. The molecule has 0 saturated carbocycles. The number of esters is 4. The largest absolute Gasteiger partial charge is 0.510 e. The first kappa shape index (κ1) is 56.2. The van der Waals surface area contributed by atoms with Crippen molar-refractivity contribution >= 4 is 30.0 Å². The number of benzene rings is 7. The summed E-state index contributed by atoms with van der Waals surface area (Å²) in [7, 11) is 1.45. The van der Waals surface area contributed by atoms with Gasteiger partial charge in [-0.25, -0.2) is 24.0 Å². The lowest BCUT2D eigenvalue weighted by Gasteiger charge is -2.45. The predicted octanol–water partition coefficient (Wildman–Crippen LogP) is 9.53. The molecule has 9 rings (SSSR count). The fourth-order valence-electron chi connectivity index (χ4n) is 8.97. The van der Waals surface area contributed by atoms with E-state index in [4.69, 9.17) is 56.8 Å². The smallest absolute Gasteiger partial charge is 0.459 e. The summed E-state index contributed by atoms with van der Waals surface area (Å²) in [6.45, 7) is -0.825. The van der Waals surface area contributed by atoms with E-state index in [1.807, 2.05) is 91.0 Å². The fourth-order valence-corrected chi connectivity index (χ4v) is 8.97. The lowest BCUT2D eigenvalue weighted by molar-refractivity contribution is -0.322. The molecule has 10 atom stereocenters. The third kappa shape index (κ3) is 15.2. The first-order valence-corrected chi connectivity index (χ1v) is 25.8. The van der Waals surface area contributed by atoms with Crippen LogP contribution in [0.3, 0.4) is 0 Å². The van der Waals surface area contributed by atoms with Crippen LogP contribution < -0.4 is 0 Å². The summed E-state index contributed by atoms with van der Waals surface area (Å²) in [5, 5.41) is 0. The molecule has 412 valence electrons. The van der Waals surface area contributed by atoms with E-state index in [-0.39, 0.29) is 42.1 Å². The van der Waals surface area contributed by atoms with E-state index < -0.39 is 105 Å². The number of hydrogen-bond acceptors (Lipinski definition) is 17. The summed E-state index contributed by atoms with van der Waals surface area (Å²) < 4.78 is 74.7. The summed E-state index contributed by atoms with van der Waals surface area (Å²) >= 11 is 0. The van der Waals surface area contributed by atoms with E-state index in [9.17, 15) is 24.0 Å². The van der Waals surface area contributed by atoms with Gasteiger partial charge in [-0.1, -0.05) is 164 Å². The molecular weight excluding hydrogens is 1030 g/mol. The van der Waals surface area contributed by atoms with Crippen molar-refractivity contribution in [2.45, 2.75) is 81.2 Å². The maximum Gasteiger partial charge on any atom is 0.510 e. The minimum absolute atomic E-state index is 0.0532. The number of hydrogen-bond donors (Lipinski definition) is 0. The van der Waals surface area contributed by atoms with Gasteiger partial charge in [0.25, 0.3) is 0 Å². The van der Waals surface area contributed by atoms with Crippen molar-refractivity contribution in [2.24, 2.45) is 0 Å². The Balaban J connectivity index is 1.04. The minimum Gasteiger partial charge on any atom is -0.459 e. The van der Waals surface area contributed by atoms with Gasteiger partial charge >= 0.3 is 30.0 Å². The number of carbonyl (C=O) groups is 5. The summed E-state index contributed by atoms with van der Waals surface area (Å²) in [5.41, 5.74) is 2.95. The van der Waals surface area contributed by atoms with E-state index in [0.29, 0.717) is 0 Å². The molecule has 2 saturated heterocycles. The van der Waals surface area contributed by atoms with Gasteiger partial charge in [0.15, 0.2) is 18.5 Å². The molecule has 17 heteroatoms. The molecule has 2 aliphatic heterocycles. The van der Waals surface area contributed by atoms with Crippen molar-refractivity contribution in [2.75, 3.05) is 20.3 Å². The van der Waals surface area contributed by atoms with Crippen LogP contribution in [0, 0.1) is 0 Å². The van der Waals surface area contributed by atoms with Crippen LogP contribution in [0.2, 0.25) is 0 Å². The Morgan fingerprint density at radius 3 is 1.11 bits per heavy atom. The number of carbonyl (C=O) groups excluding carboxylic acids is 5. The Bertz CT molecular complexity index is 3050. The third-order valence-corrected chi connectivity index (χ3v) is 13.0. The second-order valence-electron chi connectivity index (χ2n) is 18.5. The zero-order valence-electron chi connectivity index (χ0n) is 43.5. The van der Waals surface area contributed by atoms with Crippen LogP contribution in [0.15, 0.2) is 212 Å². The number of methoxy groups -OCH3 is 1. The molecule has 17 nitrogen and oxygen atoms in total. The molecule has 2 fully saturated rings. The van der Waals surface area contributed by atoms with Crippen molar-refractivity contribution in [1.82, 2.24) is 0 Å². The molecule has 2 aliphatic rings. The number of ether oxygens (including phenoxy) is 12. The molecule has 0 aliphatic carbocycles. The Morgan fingerprint density at radius 1 is 0.338 bits per heavy atom. The average molecular weight is 1090 g/mol. The van der Waals surface area contributed by atoms with Crippen LogP contribution in [-0.2, 0) is 76.7 Å². The fraction of sp³-hybridized carbons (Fsp3) is 0.254. The van der Waals surface area contributed by atoms with E-state index in [0.717, 1.165) is 16.7 Å². The highest BCUT2D eigenvalue weighted by atomic mass is 16.8. The van der Waals surface area contributed by atoms with Gasteiger partial charge in [-0.15, -0.1) is 0 Å². The molecule has 0 aromatic heterocycles. The van der Waals surface area contributed by atoms with Crippen LogP contribution >= 0.6 is 0 Å². The molecule has 0 amide bonds. The maximum atomic E-state index is 14.4. The van der Waals surface area contributed by atoms with Crippen molar-refractivity contribution in [3.63, 3.8) is 0 Å². The molecule has 0 radical (unpaired) electrons. The Hall–Kier alpha value is -8.55. The van der Waals surface area contributed by atoms with Gasteiger partial charge in [0.1, 0.15) is 43.7 Å². The van der Waals surface area contributed by atoms with Gasteiger partial charge < -0.3 is 56.8 Å². The third-order valence-electron chi connectivity index (χ3n) is 13.0. The SMILES string of the molecule is CO[C@H]1O[C@H](COC(=O)O[C@@H]2O[C@H](COC(=O)c3ccccc3)[C@@H](OC(=O)c3ccccc3)[C@H](OC(=O)c3ccccc3)[C@H]2OC(=O)c2ccccc2)[C@@H](OCc2ccccc2)[C@H](OCc2ccccc2)[C@H]1OCc1ccccc1. The lowest BCUT2D eigenvalue weighted by Crippen LogP contribution is -2.63. The standard InChI is InChI=1S/C63H58O17/c1-69-61-55(72-39-44-27-13-4-14-28-44)53(71-38-43-25-11-3-12-26-43)51(70-37-42-23-9-2-10-24-42)49(75-61)41-74-63(68)80-62-56(79-60(67)48-35-21-8-22-36-48)54(78-59(66)47-33-19-7-20-34-47)52(77-58(65)46-31-17-6-18-32-46)50(76-62)40-73-57(64)45-29-15-5-16-30-45/h2-36,49-56,61-62H,37-41H2,1H3/t49-,50-,51-,52-,53+,54+,55-,56-,61+,62+/m1/s1. The van der Waals surface area contributed by atoms with Gasteiger partial charge in [0.2, 0.25) is 12.4 Å². The van der Waals surface area contributed by atoms with Gasteiger partial charge in [-0.2, -0.15) is 0 Å². The highest BCUT2D eigenvalue weighted by molar-refractivity contribution is 5.91. The maximum absolute atomic E-state index is 14.4. The summed E-state index contributed by atoms with van der Waals surface area (Å²) in [6, 6.07) is 60.1. The zero-order valence-corrected chi connectivity index (χ0v) is 43.5. The molecule has 7 aromatic carbocycles. The van der Waals surface area contributed by atoms with Crippen molar-refractivity contribution in [1.29, 1.82) is 0 Å². The molecule has 2 heterocycles. The van der Waals surface area contributed by atoms with Crippen molar-refractivity contribution < 1.29 is 80.8 Å². The van der Waals surface area contributed by atoms with E-state index >= 15 is 0 Å². The van der Waals surface area contributed by atoms with Crippen molar-refractivity contribution in [3.8, 4) is 0 Å².